The minimum Gasteiger partial charge on any atom is -0.366 e. The molecule has 7 nitrogen and oxygen atoms in total. The molecular weight excluding hydrogens is 344 g/mol. The van der Waals surface area contributed by atoms with Gasteiger partial charge in [0.25, 0.3) is 11.8 Å². The lowest BCUT2D eigenvalue weighted by molar-refractivity contribution is 0.0918. The van der Waals surface area contributed by atoms with Gasteiger partial charge in [0.2, 0.25) is 5.91 Å². The molecular formula is C20H18N4O3. The molecule has 7 heteroatoms. The number of nitrogens with two attached hydrogens (primary N) is 1. The predicted molar refractivity (Wildman–Crippen MR) is 102 cm³/mol. The number of fused-ring (bicyclic) bond motifs is 3. The Morgan fingerprint density at radius 3 is 2.74 bits per heavy atom. The molecule has 27 heavy (non-hydrogen) atoms. The lowest BCUT2D eigenvalue weighted by Gasteiger charge is -2.24. The zero-order valence-corrected chi connectivity index (χ0v) is 14.7. The first kappa shape index (κ1) is 16.8. The largest absolute Gasteiger partial charge is 0.366 e. The van der Waals surface area contributed by atoms with Gasteiger partial charge < -0.3 is 20.9 Å². The molecule has 1 unspecified atom stereocenters. The normalized spacial score (nSPS) is 15.9. The fourth-order valence-corrected chi connectivity index (χ4v) is 3.39. The molecule has 1 atom stereocenters. The lowest BCUT2D eigenvalue weighted by Crippen LogP contribution is -2.37. The van der Waals surface area contributed by atoms with Crippen LogP contribution in [0.15, 0.2) is 48.5 Å². The minimum absolute atomic E-state index is 0.0979. The Bertz CT molecular complexity index is 1100. The number of nitrogens with zero attached hydrogens (tertiary/aromatic N) is 1. The smallest absolute Gasteiger partial charge is 0.268 e. The fourth-order valence-electron chi connectivity index (χ4n) is 3.39. The quantitative estimate of drug-likeness (QED) is 0.665. The molecule has 4 rings (SSSR count). The second-order valence-electron chi connectivity index (χ2n) is 6.63. The molecule has 0 spiro atoms. The van der Waals surface area contributed by atoms with Crippen molar-refractivity contribution in [1.29, 1.82) is 0 Å². The summed E-state index contributed by atoms with van der Waals surface area (Å²) in [5, 5.41) is 6.54. The van der Waals surface area contributed by atoms with Gasteiger partial charge in [0.1, 0.15) is 5.69 Å². The van der Waals surface area contributed by atoms with Crippen molar-refractivity contribution >= 4 is 34.3 Å². The Morgan fingerprint density at radius 1 is 1.15 bits per heavy atom. The standard InChI is InChI=1S/C20H18N4O3/c1-11-10-22-20(27)17-8-12-5-6-14(9-16(12)24(11)17)19(26)23-15-4-2-3-13(7-15)18(21)25/h2-9,11H,10H2,1H3,(H2,21,25)(H,22,27)(H,23,26). The molecule has 0 fully saturated rings. The highest BCUT2D eigenvalue weighted by Gasteiger charge is 2.24. The molecule has 4 N–H and O–H groups in total. The van der Waals surface area contributed by atoms with E-state index in [2.05, 4.69) is 10.6 Å². The predicted octanol–water partition coefficient (Wildman–Crippen LogP) is 2.30. The van der Waals surface area contributed by atoms with Gasteiger partial charge in [-0.3, -0.25) is 14.4 Å². The maximum Gasteiger partial charge on any atom is 0.268 e. The summed E-state index contributed by atoms with van der Waals surface area (Å²) >= 11 is 0. The Morgan fingerprint density at radius 2 is 1.96 bits per heavy atom. The van der Waals surface area contributed by atoms with Gasteiger partial charge in [0.05, 0.1) is 0 Å². The average molecular weight is 362 g/mol. The highest BCUT2D eigenvalue weighted by molar-refractivity contribution is 6.08. The molecule has 0 radical (unpaired) electrons. The van der Waals surface area contributed by atoms with Crippen LogP contribution in [0.25, 0.3) is 10.9 Å². The zero-order chi connectivity index (χ0) is 19.1. The highest BCUT2D eigenvalue weighted by atomic mass is 16.2. The van der Waals surface area contributed by atoms with E-state index in [1.54, 1.807) is 30.3 Å². The number of aromatic nitrogens is 1. The number of carbonyl (C=O) groups is 3. The van der Waals surface area contributed by atoms with Crippen LogP contribution < -0.4 is 16.4 Å². The van der Waals surface area contributed by atoms with Gasteiger partial charge >= 0.3 is 0 Å². The van der Waals surface area contributed by atoms with Crippen molar-refractivity contribution in [2.24, 2.45) is 5.73 Å². The summed E-state index contributed by atoms with van der Waals surface area (Å²) in [7, 11) is 0. The number of rotatable bonds is 3. The van der Waals surface area contributed by atoms with Crippen molar-refractivity contribution < 1.29 is 14.4 Å². The highest BCUT2D eigenvalue weighted by Crippen LogP contribution is 2.27. The number of hydrogen-bond donors (Lipinski definition) is 3. The molecule has 0 saturated heterocycles. The number of primary amides is 1. The Balaban J connectivity index is 1.69. The van der Waals surface area contributed by atoms with E-state index in [9.17, 15) is 14.4 Å². The fraction of sp³-hybridized carbons (Fsp3) is 0.150. The van der Waals surface area contributed by atoms with Crippen molar-refractivity contribution in [3.05, 3.63) is 65.4 Å². The van der Waals surface area contributed by atoms with Crippen molar-refractivity contribution in [2.75, 3.05) is 11.9 Å². The van der Waals surface area contributed by atoms with Crippen LogP contribution in [0, 0.1) is 0 Å². The number of hydrogen-bond acceptors (Lipinski definition) is 3. The SMILES string of the molecule is CC1CNC(=O)c2cc3ccc(C(=O)Nc4cccc(C(N)=O)c4)cc3n21. The van der Waals surface area contributed by atoms with Crippen molar-refractivity contribution in [1.82, 2.24) is 9.88 Å². The first-order valence-corrected chi connectivity index (χ1v) is 8.58. The summed E-state index contributed by atoms with van der Waals surface area (Å²) in [6.07, 6.45) is 0. The molecule has 3 amide bonds. The van der Waals surface area contributed by atoms with Crippen LogP contribution in [0.1, 0.15) is 44.2 Å². The number of benzene rings is 2. The van der Waals surface area contributed by atoms with E-state index in [4.69, 9.17) is 5.73 Å². The maximum atomic E-state index is 12.7. The third-order valence-electron chi connectivity index (χ3n) is 4.74. The molecule has 0 aliphatic carbocycles. The summed E-state index contributed by atoms with van der Waals surface area (Å²) < 4.78 is 1.96. The molecule has 1 aliphatic rings. The third kappa shape index (κ3) is 2.93. The Kier molecular flexibility index (Phi) is 3.92. The Labute approximate surface area is 155 Å². The van der Waals surface area contributed by atoms with Crippen LogP contribution >= 0.6 is 0 Å². The van der Waals surface area contributed by atoms with Gasteiger partial charge in [-0.05, 0) is 43.3 Å². The van der Waals surface area contributed by atoms with Crippen molar-refractivity contribution in [2.45, 2.75) is 13.0 Å². The number of amides is 3. The van der Waals surface area contributed by atoms with E-state index in [0.29, 0.717) is 29.1 Å². The van der Waals surface area contributed by atoms with Crippen LogP contribution in [0.3, 0.4) is 0 Å². The van der Waals surface area contributed by atoms with Crippen LogP contribution in [0.5, 0.6) is 0 Å². The van der Waals surface area contributed by atoms with Gasteiger partial charge in [-0.1, -0.05) is 12.1 Å². The van der Waals surface area contributed by atoms with Crippen molar-refractivity contribution in [3.63, 3.8) is 0 Å². The summed E-state index contributed by atoms with van der Waals surface area (Å²) in [5.41, 5.74) is 7.98. The first-order chi connectivity index (χ1) is 12.9. The lowest BCUT2D eigenvalue weighted by atomic mass is 10.1. The van der Waals surface area contributed by atoms with Crippen molar-refractivity contribution in [3.8, 4) is 0 Å². The Hall–Kier alpha value is -3.61. The topological polar surface area (TPSA) is 106 Å². The maximum absolute atomic E-state index is 12.7. The van der Waals surface area contributed by atoms with Crippen LogP contribution in [-0.4, -0.2) is 28.8 Å². The van der Waals surface area contributed by atoms with Crippen LogP contribution in [0.2, 0.25) is 0 Å². The van der Waals surface area contributed by atoms with Gasteiger partial charge in [0.15, 0.2) is 0 Å². The molecule has 1 aromatic heterocycles. The van der Waals surface area contributed by atoms with E-state index >= 15 is 0 Å². The summed E-state index contributed by atoms with van der Waals surface area (Å²) in [5.74, 6) is -0.972. The minimum atomic E-state index is -0.556. The van der Waals surface area contributed by atoms with Crippen LogP contribution in [0.4, 0.5) is 5.69 Å². The zero-order valence-electron chi connectivity index (χ0n) is 14.7. The molecule has 0 saturated carbocycles. The molecule has 0 bridgehead atoms. The van der Waals surface area contributed by atoms with E-state index in [-0.39, 0.29) is 17.9 Å². The number of anilines is 1. The van der Waals surface area contributed by atoms with E-state index in [1.807, 2.05) is 23.6 Å². The van der Waals surface area contributed by atoms with Gasteiger partial charge in [0, 0.05) is 40.3 Å². The van der Waals surface area contributed by atoms with Gasteiger partial charge in [-0.15, -0.1) is 0 Å². The van der Waals surface area contributed by atoms with E-state index in [1.165, 1.54) is 6.07 Å². The molecule has 2 heterocycles. The monoisotopic (exact) mass is 362 g/mol. The number of carbonyl (C=O) groups excluding carboxylic acids is 3. The number of nitrogens with one attached hydrogen (secondary N) is 2. The first-order valence-electron chi connectivity index (χ1n) is 8.58. The van der Waals surface area contributed by atoms with E-state index in [0.717, 1.165) is 10.9 Å². The molecule has 2 aromatic carbocycles. The van der Waals surface area contributed by atoms with Crippen LogP contribution in [-0.2, 0) is 0 Å². The molecule has 1 aliphatic heterocycles. The third-order valence-corrected chi connectivity index (χ3v) is 4.74. The summed E-state index contributed by atoms with van der Waals surface area (Å²) in [6.45, 7) is 2.57. The summed E-state index contributed by atoms with van der Waals surface area (Å²) in [6, 6.07) is 13.7. The molecule has 3 aromatic rings. The van der Waals surface area contributed by atoms with E-state index < -0.39 is 5.91 Å². The molecule has 136 valence electrons. The second-order valence-corrected chi connectivity index (χ2v) is 6.63. The average Bonchev–Trinajstić information content (AvgIpc) is 3.05. The second kappa shape index (κ2) is 6.28. The summed E-state index contributed by atoms with van der Waals surface area (Å²) in [4.78, 5) is 36.1. The van der Waals surface area contributed by atoms with Gasteiger partial charge in [-0.25, -0.2) is 0 Å². The van der Waals surface area contributed by atoms with Gasteiger partial charge in [-0.2, -0.15) is 0 Å².